The molecule has 5 nitrogen and oxygen atoms in total. The maximum absolute atomic E-state index is 11.5. The van der Waals surface area contributed by atoms with Gasteiger partial charge in [0, 0.05) is 25.2 Å². The summed E-state index contributed by atoms with van der Waals surface area (Å²) in [6.45, 7) is 7.66. The second-order valence-electron chi connectivity index (χ2n) is 6.10. The Balaban J connectivity index is 1.69. The fraction of sp³-hybridized carbons (Fsp3) is 0.917. The number of piperidine rings is 1. The van der Waals surface area contributed by atoms with Crippen molar-refractivity contribution < 1.29 is 14.7 Å². The van der Waals surface area contributed by atoms with E-state index in [-0.39, 0.29) is 18.2 Å². The van der Waals surface area contributed by atoms with Crippen LogP contribution in [0, 0.1) is 17.8 Å². The van der Waals surface area contributed by atoms with Crippen LogP contribution in [-0.2, 0) is 4.84 Å². The number of carbonyl (C=O) groups is 1. The number of fused-ring (bicyclic) bond motifs is 1. The van der Waals surface area contributed by atoms with Gasteiger partial charge in [-0.25, -0.2) is 4.79 Å². The van der Waals surface area contributed by atoms with E-state index in [0.29, 0.717) is 17.8 Å². The van der Waals surface area contributed by atoms with Gasteiger partial charge in [-0.2, -0.15) is 0 Å². The molecule has 2 fully saturated rings. The number of aliphatic hydroxyl groups is 1. The van der Waals surface area contributed by atoms with E-state index >= 15 is 0 Å². The van der Waals surface area contributed by atoms with Gasteiger partial charge in [0.05, 0.1) is 0 Å². The highest BCUT2D eigenvalue weighted by atomic mass is 16.7. The van der Waals surface area contributed by atoms with Gasteiger partial charge in [-0.05, 0) is 44.9 Å². The van der Waals surface area contributed by atoms with Crippen molar-refractivity contribution >= 4 is 6.09 Å². The van der Waals surface area contributed by atoms with Crippen LogP contribution in [0.1, 0.15) is 27.2 Å². The van der Waals surface area contributed by atoms with E-state index in [4.69, 9.17) is 9.94 Å². The maximum Gasteiger partial charge on any atom is 0.426 e. The molecule has 0 aromatic heterocycles. The van der Waals surface area contributed by atoms with E-state index in [9.17, 15) is 4.79 Å². The largest absolute Gasteiger partial charge is 0.426 e. The first-order valence-corrected chi connectivity index (χ1v) is 6.26. The molecule has 98 valence electrons. The number of amides is 1. The van der Waals surface area contributed by atoms with Crippen molar-refractivity contribution in [3.63, 3.8) is 0 Å². The fourth-order valence-electron chi connectivity index (χ4n) is 2.71. The molecule has 1 aliphatic carbocycles. The topological polar surface area (TPSA) is 61.8 Å². The van der Waals surface area contributed by atoms with Crippen LogP contribution in [0.4, 0.5) is 4.79 Å². The summed E-state index contributed by atoms with van der Waals surface area (Å²) in [7, 11) is 0. The van der Waals surface area contributed by atoms with Crippen molar-refractivity contribution in [2.45, 2.75) is 32.7 Å². The Morgan fingerprint density at radius 2 is 2.00 bits per heavy atom. The van der Waals surface area contributed by atoms with E-state index in [1.54, 1.807) is 5.06 Å². The van der Waals surface area contributed by atoms with Gasteiger partial charge in [0.2, 0.25) is 0 Å². The third-order valence-electron chi connectivity index (χ3n) is 3.49. The number of rotatable bonds is 3. The SMILES string of the molecule is CC(C)(C)NC(=O)ON1CC2C(CCO)C2C1. The van der Waals surface area contributed by atoms with Gasteiger partial charge in [-0.15, -0.1) is 5.06 Å². The van der Waals surface area contributed by atoms with Gasteiger partial charge in [0.25, 0.3) is 0 Å². The van der Waals surface area contributed by atoms with Crippen molar-refractivity contribution in [3.8, 4) is 0 Å². The summed E-state index contributed by atoms with van der Waals surface area (Å²) in [5, 5.41) is 13.4. The minimum atomic E-state index is -0.377. The molecule has 2 atom stereocenters. The molecular formula is C12H22N2O3. The molecule has 1 heterocycles. The van der Waals surface area contributed by atoms with Crippen molar-refractivity contribution in [2.75, 3.05) is 19.7 Å². The van der Waals surface area contributed by atoms with Crippen LogP contribution < -0.4 is 5.32 Å². The van der Waals surface area contributed by atoms with Crippen LogP contribution in [0.2, 0.25) is 0 Å². The highest BCUT2D eigenvalue weighted by Crippen LogP contribution is 2.53. The summed E-state index contributed by atoms with van der Waals surface area (Å²) in [6.07, 6.45) is 0.509. The highest BCUT2D eigenvalue weighted by Gasteiger charge is 2.56. The van der Waals surface area contributed by atoms with Gasteiger partial charge in [-0.1, -0.05) is 0 Å². The predicted molar refractivity (Wildman–Crippen MR) is 63.1 cm³/mol. The first-order chi connectivity index (χ1) is 7.90. The number of nitrogens with zero attached hydrogens (tertiary/aromatic N) is 1. The first-order valence-electron chi connectivity index (χ1n) is 6.26. The Morgan fingerprint density at radius 1 is 1.41 bits per heavy atom. The van der Waals surface area contributed by atoms with Crippen molar-refractivity contribution in [1.29, 1.82) is 0 Å². The van der Waals surface area contributed by atoms with Crippen LogP contribution in [-0.4, -0.2) is 41.5 Å². The molecule has 2 N–H and O–H groups in total. The zero-order chi connectivity index (χ0) is 12.6. The normalized spacial score (nSPS) is 32.1. The Labute approximate surface area is 102 Å². The average Bonchev–Trinajstić information content (AvgIpc) is 2.65. The summed E-state index contributed by atoms with van der Waals surface area (Å²) < 4.78 is 0. The first kappa shape index (κ1) is 12.6. The Morgan fingerprint density at radius 3 is 2.47 bits per heavy atom. The van der Waals surface area contributed by atoms with Gasteiger partial charge >= 0.3 is 6.09 Å². The number of carbonyl (C=O) groups excluding carboxylic acids is 1. The lowest BCUT2D eigenvalue weighted by Gasteiger charge is -2.23. The number of hydrogen-bond donors (Lipinski definition) is 2. The summed E-state index contributed by atoms with van der Waals surface area (Å²) in [5.74, 6) is 1.87. The molecule has 1 saturated heterocycles. The Bertz CT molecular complexity index is 289. The average molecular weight is 242 g/mol. The summed E-state index contributed by atoms with van der Waals surface area (Å²) in [5.41, 5.74) is -0.265. The fourth-order valence-corrected chi connectivity index (χ4v) is 2.71. The summed E-state index contributed by atoms with van der Waals surface area (Å²) >= 11 is 0. The molecule has 17 heavy (non-hydrogen) atoms. The van der Waals surface area contributed by atoms with E-state index in [1.807, 2.05) is 20.8 Å². The summed E-state index contributed by atoms with van der Waals surface area (Å²) in [4.78, 5) is 16.8. The second-order valence-corrected chi connectivity index (χ2v) is 6.10. The molecule has 0 radical (unpaired) electrons. The smallest absolute Gasteiger partial charge is 0.396 e. The van der Waals surface area contributed by atoms with Crippen molar-refractivity contribution in [2.24, 2.45) is 17.8 Å². The molecule has 2 unspecified atom stereocenters. The van der Waals surface area contributed by atoms with Crippen molar-refractivity contribution in [1.82, 2.24) is 10.4 Å². The molecule has 5 heteroatoms. The lowest BCUT2D eigenvalue weighted by molar-refractivity contribution is -0.0945. The Hall–Kier alpha value is -0.810. The number of hydrogen-bond acceptors (Lipinski definition) is 4. The number of nitrogens with one attached hydrogen (secondary N) is 1. The van der Waals surface area contributed by atoms with Gasteiger partial charge < -0.3 is 15.3 Å². The predicted octanol–water partition coefficient (Wildman–Crippen LogP) is 0.986. The van der Waals surface area contributed by atoms with Crippen LogP contribution in [0.3, 0.4) is 0 Å². The van der Waals surface area contributed by atoms with Crippen LogP contribution in [0.25, 0.3) is 0 Å². The molecule has 2 aliphatic rings. The highest BCUT2D eigenvalue weighted by molar-refractivity contribution is 5.67. The second kappa shape index (κ2) is 4.46. The quantitative estimate of drug-likeness (QED) is 0.774. The van der Waals surface area contributed by atoms with E-state index in [0.717, 1.165) is 19.5 Å². The van der Waals surface area contributed by atoms with Gasteiger partial charge in [0.1, 0.15) is 0 Å². The number of hydroxylamine groups is 2. The summed E-state index contributed by atoms with van der Waals surface area (Å²) in [6, 6.07) is 0. The van der Waals surface area contributed by atoms with Crippen LogP contribution in [0.15, 0.2) is 0 Å². The third-order valence-corrected chi connectivity index (χ3v) is 3.49. The zero-order valence-corrected chi connectivity index (χ0v) is 10.8. The molecular weight excluding hydrogens is 220 g/mol. The molecule has 1 saturated carbocycles. The number of aliphatic hydroxyl groups excluding tert-OH is 1. The molecule has 1 amide bonds. The minimum Gasteiger partial charge on any atom is -0.396 e. The van der Waals surface area contributed by atoms with Crippen molar-refractivity contribution in [3.05, 3.63) is 0 Å². The molecule has 0 spiro atoms. The Kier molecular flexibility index (Phi) is 3.32. The zero-order valence-electron chi connectivity index (χ0n) is 10.8. The minimum absolute atomic E-state index is 0.265. The van der Waals surface area contributed by atoms with E-state index in [1.165, 1.54) is 0 Å². The van der Waals surface area contributed by atoms with Gasteiger partial charge in [-0.3, -0.25) is 0 Å². The lowest BCUT2D eigenvalue weighted by Crippen LogP contribution is -2.43. The molecule has 0 aromatic carbocycles. The molecule has 0 aromatic rings. The lowest BCUT2D eigenvalue weighted by atomic mass is 10.1. The van der Waals surface area contributed by atoms with Crippen LogP contribution in [0.5, 0.6) is 0 Å². The molecule has 1 aliphatic heterocycles. The van der Waals surface area contributed by atoms with E-state index in [2.05, 4.69) is 5.32 Å². The monoisotopic (exact) mass is 242 g/mol. The molecule has 0 bridgehead atoms. The van der Waals surface area contributed by atoms with Gasteiger partial charge in [0.15, 0.2) is 0 Å². The van der Waals surface area contributed by atoms with E-state index < -0.39 is 0 Å². The molecule has 2 rings (SSSR count). The van der Waals surface area contributed by atoms with Crippen LogP contribution >= 0.6 is 0 Å². The standard InChI is InChI=1S/C12H22N2O3/c1-12(2,3)13-11(16)17-14-6-9-8(4-5-15)10(9)7-14/h8-10,15H,4-7H2,1-3H3,(H,13,16). The third kappa shape index (κ3) is 3.10. The maximum atomic E-state index is 11.5.